The van der Waals surface area contributed by atoms with Gasteiger partial charge in [0.2, 0.25) is 5.91 Å². The summed E-state index contributed by atoms with van der Waals surface area (Å²) in [7, 11) is 0. The molecule has 0 radical (unpaired) electrons. The summed E-state index contributed by atoms with van der Waals surface area (Å²) in [5, 5.41) is 11.3. The molecule has 0 bridgehead atoms. The molecule has 2 unspecified atom stereocenters. The van der Waals surface area contributed by atoms with Crippen molar-refractivity contribution in [3.8, 4) is 0 Å². The molecule has 1 fully saturated rings. The van der Waals surface area contributed by atoms with Crippen LogP contribution in [0.3, 0.4) is 0 Å². The molecule has 84 valence electrons. The maximum Gasteiger partial charge on any atom is 0.326 e. The van der Waals surface area contributed by atoms with E-state index in [2.05, 4.69) is 11.9 Å². The van der Waals surface area contributed by atoms with Gasteiger partial charge in [-0.05, 0) is 25.2 Å². The van der Waals surface area contributed by atoms with E-state index < -0.39 is 24.0 Å². The second kappa shape index (κ2) is 4.93. The number of carboxylic acid groups (broad SMARTS) is 1. The van der Waals surface area contributed by atoms with E-state index in [0.29, 0.717) is 6.42 Å². The lowest BCUT2D eigenvalue weighted by Gasteiger charge is -2.16. The molecular weight excluding hydrogens is 196 g/mol. The van der Waals surface area contributed by atoms with Crippen LogP contribution in [0.1, 0.15) is 19.3 Å². The Balaban J connectivity index is 2.46. The van der Waals surface area contributed by atoms with Crippen LogP contribution in [-0.4, -0.2) is 29.1 Å². The number of nitrogens with one attached hydrogen (secondary N) is 1. The monoisotopic (exact) mass is 212 g/mol. The van der Waals surface area contributed by atoms with Crippen molar-refractivity contribution >= 4 is 11.9 Å². The van der Waals surface area contributed by atoms with Crippen molar-refractivity contribution in [2.45, 2.75) is 31.3 Å². The van der Waals surface area contributed by atoms with Crippen LogP contribution in [0.4, 0.5) is 0 Å². The van der Waals surface area contributed by atoms with Crippen LogP contribution in [0.25, 0.3) is 0 Å². The molecule has 5 nitrogen and oxygen atoms in total. The zero-order valence-corrected chi connectivity index (χ0v) is 8.48. The maximum absolute atomic E-state index is 11.4. The first kappa shape index (κ1) is 11.7. The lowest BCUT2D eigenvalue weighted by atomic mass is 10.1. The van der Waals surface area contributed by atoms with Gasteiger partial charge in [-0.15, -0.1) is 6.58 Å². The van der Waals surface area contributed by atoms with Crippen molar-refractivity contribution in [2.24, 2.45) is 11.7 Å². The van der Waals surface area contributed by atoms with Gasteiger partial charge in [0.1, 0.15) is 6.04 Å². The Kier molecular flexibility index (Phi) is 3.85. The molecule has 0 aliphatic heterocycles. The van der Waals surface area contributed by atoms with Crippen LogP contribution in [0.15, 0.2) is 12.7 Å². The highest BCUT2D eigenvalue weighted by atomic mass is 16.4. The van der Waals surface area contributed by atoms with Crippen LogP contribution in [-0.2, 0) is 9.59 Å². The Morgan fingerprint density at radius 3 is 2.60 bits per heavy atom. The first-order valence-electron chi connectivity index (χ1n) is 4.96. The third-order valence-electron chi connectivity index (χ3n) is 2.41. The topological polar surface area (TPSA) is 92.4 Å². The molecule has 15 heavy (non-hydrogen) atoms. The van der Waals surface area contributed by atoms with Crippen LogP contribution < -0.4 is 11.1 Å². The number of carbonyl (C=O) groups is 2. The molecule has 1 rings (SSSR count). The third-order valence-corrected chi connectivity index (χ3v) is 2.41. The second-order valence-electron chi connectivity index (χ2n) is 3.79. The van der Waals surface area contributed by atoms with Crippen LogP contribution in [0.2, 0.25) is 0 Å². The first-order valence-corrected chi connectivity index (χ1v) is 4.96. The molecule has 0 aromatic carbocycles. The van der Waals surface area contributed by atoms with E-state index in [1.807, 2.05) is 0 Å². The molecule has 0 aromatic heterocycles. The summed E-state index contributed by atoms with van der Waals surface area (Å²) in [6, 6.07) is -1.49. The van der Waals surface area contributed by atoms with Gasteiger partial charge in [0.25, 0.3) is 0 Å². The summed E-state index contributed by atoms with van der Waals surface area (Å²) >= 11 is 0. The number of amides is 1. The Labute approximate surface area is 88.3 Å². The molecule has 5 heteroatoms. The zero-order chi connectivity index (χ0) is 11.4. The fourth-order valence-corrected chi connectivity index (χ4v) is 1.36. The molecule has 1 aliphatic rings. The van der Waals surface area contributed by atoms with Gasteiger partial charge in [-0.25, -0.2) is 4.79 Å². The minimum Gasteiger partial charge on any atom is -0.480 e. The highest BCUT2D eigenvalue weighted by molar-refractivity contribution is 5.87. The molecule has 0 aromatic rings. The third kappa shape index (κ3) is 3.36. The molecule has 1 amide bonds. The number of hydrogen-bond donors (Lipinski definition) is 3. The van der Waals surface area contributed by atoms with Crippen molar-refractivity contribution in [3.63, 3.8) is 0 Å². The zero-order valence-electron chi connectivity index (χ0n) is 8.48. The SMILES string of the molecule is C=CCC(N)C(=O)NC(C(=O)O)C1CC1. The normalized spacial score (nSPS) is 19.0. The number of rotatable bonds is 6. The molecule has 2 atom stereocenters. The molecule has 0 saturated heterocycles. The van der Waals surface area contributed by atoms with E-state index in [1.165, 1.54) is 6.08 Å². The largest absolute Gasteiger partial charge is 0.480 e. The molecular formula is C10H16N2O3. The molecule has 0 spiro atoms. The average molecular weight is 212 g/mol. The van der Waals surface area contributed by atoms with Crippen LogP contribution in [0, 0.1) is 5.92 Å². The van der Waals surface area contributed by atoms with Crippen LogP contribution in [0.5, 0.6) is 0 Å². The molecule has 4 N–H and O–H groups in total. The minimum atomic E-state index is -0.989. The van der Waals surface area contributed by atoms with Gasteiger partial charge in [0.15, 0.2) is 0 Å². The van der Waals surface area contributed by atoms with E-state index in [4.69, 9.17) is 10.8 Å². The van der Waals surface area contributed by atoms with Crippen LogP contribution >= 0.6 is 0 Å². The van der Waals surface area contributed by atoms with Crippen molar-refractivity contribution < 1.29 is 14.7 Å². The number of carbonyl (C=O) groups excluding carboxylic acids is 1. The predicted molar refractivity (Wildman–Crippen MR) is 55.1 cm³/mol. The minimum absolute atomic E-state index is 0.0716. The van der Waals surface area contributed by atoms with Crippen molar-refractivity contribution in [1.29, 1.82) is 0 Å². The van der Waals surface area contributed by atoms with Gasteiger partial charge >= 0.3 is 5.97 Å². The standard InChI is InChI=1S/C10H16N2O3/c1-2-3-7(11)9(13)12-8(10(14)15)6-4-5-6/h2,6-8H,1,3-5,11H2,(H,12,13)(H,14,15). The van der Waals surface area contributed by atoms with Gasteiger partial charge < -0.3 is 16.2 Å². The summed E-state index contributed by atoms with van der Waals surface area (Å²) in [6.45, 7) is 3.47. The predicted octanol–water partition coefficient (Wildman–Crippen LogP) is -0.131. The Bertz CT molecular complexity index is 274. The van der Waals surface area contributed by atoms with Gasteiger partial charge in [-0.2, -0.15) is 0 Å². The quantitative estimate of drug-likeness (QED) is 0.535. The average Bonchev–Trinajstić information content (AvgIpc) is 2.97. The Morgan fingerprint density at radius 2 is 2.20 bits per heavy atom. The fourth-order valence-electron chi connectivity index (χ4n) is 1.36. The van der Waals surface area contributed by atoms with E-state index in [0.717, 1.165) is 12.8 Å². The summed E-state index contributed by atoms with van der Waals surface area (Å²) in [4.78, 5) is 22.3. The maximum atomic E-state index is 11.4. The van der Waals surface area contributed by atoms with E-state index in [9.17, 15) is 9.59 Å². The summed E-state index contributed by atoms with van der Waals surface area (Å²) in [6.07, 6.45) is 3.60. The Morgan fingerprint density at radius 1 is 1.60 bits per heavy atom. The van der Waals surface area contributed by atoms with E-state index >= 15 is 0 Å². The van der Waals surface area contributed by atoms with Gasteiger partial charge in [-0.1, -0.05) is 6.08 Å². The number of nitrogens with two attached hydrogens (primary N) is 1. The van der Waals surface area contributed by atoms with Gasteiger partial charge in [-0.3, -0.25) is 4.79 Å². The van der Waals surface area contributed by atoms with Crippen molar-refractivity contribution in [2.75, 3.05) is 0 Å². The summed E-state index contributed by atoms with van der Waals surface area (Å²) in [5.41, 5.74) is 5.52. The van der Waals surface area contributed by atoms with Gasteiger partial charge in [0.05, 0.1) is 6.04 Å². The van der Waals surface area contributed by atoms with Crippen molar-refractivity contribution in [3.05, 3.63) is 12.7 Å². The molecule has 1 saturated carbocycles. The smallest absolute Gasteiger partial charge is 0.326 e. The van der Waals surface area contributed by atoms with Crippen molar-refractivity contribution in [1.82, 2.24) is 5.32 Å². The number of carboxylic acids is 1. The number of aliphatic carboxylic acids is 1. The van der Waals surface area contributed by atoms with Gasteiger partial charge in [0, 0.05) is 0 Å². The molecule has 0 heterocycles. The lowest BCUT2D eigenvalue weighted by Crippen LogP contribution is -2.49. The summed E-state index contributed by atoms with van der Waals surface area (Å²) in [5.74, 6) is -1.34. The summed E-state index contributed by atoms with van der Waals surface area (Å²) < 4.78 is 0. The highest BCUT2D eigenvalue weighted by Crippen LogP contribution is 2.32. The van der Waals surface area contributed by atoms with E-state index in [1.54, 1.807) is 0 Å². The fraction of sp³-hybridized carbons (Fsp3) is 0.600. The molecule has 1 aliphatic carbocycles. The Hall–Kier alpha value is -1.36. The first-order chi connectivity index (χ1) is 7.06. The number of hydrogen-bond acceptors (Lipinski definition) is 3. The van der Waals surface area contributed by atoms with E-state index in [-0.39, 0.29) is 5.92 Å². The second-order valence-corrected chi connectivity index (χ2v) is 3.79. The highest BCUT2D eigenvalue weighted by Gasteiger charge is 2.37. The lowest BCUT2D eigenvalue weighted by molar-refractivity contribution is -0.142.